The molecule has 2 unspecified atom stereocenters. The van der Waals surface area contributed by atoms with E-state index in [1.54, 1.807) is 4.90 Å². The minimum absolute atomic E-state index is 0.000738. The van der Waals surface area contributed by atoms with Crippen molar-refractivity contribution in [2.24, 2.45) is 11.8 Å². The fourth-order valence-electron chi connectivity index (χ4n) is 3.35. The average Bonchev–Trinajstić information content (AvgIpc) is 3.32. The molecule has 3 rings (SSSR count). The molecular formula is C15H25N3O4S. The molecule has 0 bridgehead atoms. The predicted octanol–water partition coefficient (Wildman–Crippen LogP) is -0.215. The maximum atomic E-state index is 12.6. The summed E-state index contributed by atoms with van der Waals surface area (Å²) in [5.41, 5.74) is 0. The first-order valence-corrected chi connectivity index (χ1v) is 9.91. The number of carbonyl (C=O) groups is 2. The minimum Gasteiger partial charge on any atom is -0.356 e. The highest BCUT2D eigenvalue weighted by Gasteiger charge is 2.44. The van der Waals surface area contributed by atoms with Crippen LogP contribution in [0.15, 0.2) is 0 Å². The second-order valence-corrected chi connectivity index (χ2v) is 9.18. The molecule has 0 radical (unpaired) electrons. The second kappa shape index (κ2) is 6.39. The third-order valence-electron chi connectivity index (χ3n) is 5.14. The first-order chi connectivity index (χ1) is 10.9. The molecule has 2 aliphatic heterocycles. The smallest absolute Gasteiger partial charge is 0.242 e. The van der Waals surface area contributed by atoms with E-state index >= 15 is 0 Å². The number of hydrogen-bond acceptors (Lipinski definition) is 4. The van der Waals surface area contributed by atoms with Crippen LogP contribution in [0, 0.1) is 11.8 Å². The molecule has 130 valence electrons. The van der Waals surface area contributed by atoms with Gasteiger partial charge in [0, 0.05) is 33.2 Å². The summed E-state index contributed by atoms with van der Waals surface area (Å²) in [7, 11) is -2.02. The zero-order valence-corrected chi connectivity index (χ0v) is 14.3. The lowest BCUT2D eigenvalue weighted by Gasteiger charge is -2.33. The molecule has 0 aromatic carbocycles. The topological polar surface area (TPSA) is 86.8 Å². The van der Waals surface area contributed by atoms with Crippen molar-refractivity contribution in [3.05, 3.63) is 0 Å². The molecular weight excluding hydrogens is 318 g/mol. The van der Waals surface area contributed by atoms with Crippen LogP contribution in [0.5, 0.6) is 0 Å². The van der Waals surface area contributed by atoms with E-state index in [4.69, 9.17) is 0 Å². The highest BCUT2D eigenvalue weighted by molar-refractivity contribution is 7.90. The Kier molecular flexibility index (Phi) is 4.64. The third-order valence-corrected chi connectivity index (χ3v) is 7.35. The van der Waals surface area contributed by atoms with Crippen molar-refractivity contribution in [1.29, 1.82) is 0 Å². The van der Waals surface area contributed by atoms with Gasteiger partial charge >= 0.3 is 0 Å². The van der Waals surface area contributed by atoms with Gasteiger partial charge in [0.1, 0.15) is 0 Å². The van der Waals surface area contributed by atoms with Gasteiger partial charge < -0.3 is 10.2 Å². The highest BCUT2D eigenvalue weighted by atomic mass is 32.2. The van der Waals surface area contributed by atoms with E-state index < -0.39 is 15.3 Å². The van der Waals surface area contributed by atoms with Crippen molar-refractivity contribution >= 4 is 21.8 Å². The molecule has 7 nitrogen and oxygen atoms in total. The van der Waals surface area contributed by atoms with Crippen LogP contribution in [0.3, 0.4) is 0 Å². The van der Waals surface area contributed by atoms with Crippen LogP contribution in [-0.4, -0.2) is 67.9 Å². The summed E-state index contributed by atoms with van der Waals surface area (Å²) in [5, 5.41) is 1.99. The summed E-state index contributed by atoms with van der Waals surface area (Å²) in [6.45, 7) is 2.00. The van der Waals surface area contributed by atoms with E-state index in [0.717, 1.165) is 19.4 Å². The molecule has 2 saturated heterocycles. The monoisotopic (exact) mass is 343 g/mol. The molecule has 0 aromatic heterocycles. The molecule has 8 heteroatoms. The Morgan fingerprint density at radius 2 is 1.87 bits per heavy atom. The zero-order valence-electron chi connectivity index (χ0n) is 13.5. The molecule has 1 saturated carbocycles. The van der Waals surface area contributed by atoms with Gasteiger partial charge in [-0.2, -0.15) is 0 Å². The molecule has 0 aromatic rings. The number of hydrogen-bond donors (Lipinski definition) is 1. The quantitative estimate of drug-likeness (QED) is 0.765. The number of carbonyl (C=O) groups excluding carboxylic acids is 2. The number of nitrogens with zero attached hydrogens (tertiary/aromatic N) is 2. The van der Waals surface area contributed by atoms with Gasteiger partial charge in [-0.15, -0.1) is 0 Å². The van der Waals surface area contributed by atoms with Crippen molar-refractivity contribution in [2.45, 2.75) is 37.4 Å². The van der Waals surface area contributed by atoms with Crippen LogP contribution in [0.1, 0.15) is 32.1 Å². The van der Waals surface area contributed by atoms with Crippen LogP contribution in [0.2, 0.25) is 0 Å². The van der Waals surface area contributed by atoms with Crippen molar-refractivity contribution in [2.75, 3.05) is 33.2 Å². The first kappa shape index (κ1) is 16.7. The lowest BCUT2D eigenvalue weighted by atomic mass is 9.96. The maximum Gasteiger partial charge on any atom is 0.242 e. The Morgan fingerprint density at radius 3 is 2.48 bits per heavy atom. The van der Waals surface area contributed by atoms with Crippen LogP contribution in [0.25, 0.3) is 0 Å². The van der Waals surface area contributed by atoms with Crippen molar-refractivity contribution < 1.29 is 18.0 Å². The number of sulfonamides is 1. The van der Waals surface area contributed by atoms with Crippen molar-refractivity contribution in [1.82, 2.24) is 14.5 Å². The first-order valence-electron chi connectivity index (χ1n) is 8.41. The number of likely N-dealkylation sites (tertiary alicyclic amines) is 1. The van der Waals surface area contributed by atoms with Crippen LogP contribution in [-0.2, 0) is 19.6 Å². The molecule has 2 atom stereocenters. The number of rotatable bonds is 4. The lowest BCUT2D eigenvalue weighted by molar-refractivity contribution is -0.135. The Morgan fingerprint density at radius 1 is 1.13 bits per heavy atom. The largest absolute Gasteiger partial charge is 0.356 e. The van der Waals surface area contributed by atoms with Gasteiger partial charge in [-0.05, 0) is 38.0 Å². The number of amides is 2. The Balaban J connectivity index is 1.59. The molecule has 1 N–H and O–H groups in total. The summed E-state index contributed by atoms with van der Waals surface area (Å²) in [6, 6.07) is 0. The number of piperidine rings is 1. The highest BCUT2D eigenvalue weighted by Crippen LogP contribution is 2.28. The van der Waals surface area contributed by atoms with Gasteiger partial charge in [0.05, 0.1) is 5.92 Å². The summed E-state index contributed by atoms with van der Waals surface area (Å²) >= 11 is 0. The summed E-state index contributed by atoms with van der Waals surface area (Å²) in [6.07, 6.45) is 4.21. The lowest BCUT2D eigenvalue weighted by Crippen LogP contribution is -2.50. The Labute approximate surface area is 137 Å². The fourth-order valence-corrected chi connectivity index (χ4v) is 4.95. The normalized spacial score (nSPS) is 31.1. The molecule has 23 heavy (non-hydrogen) atoms. The van der Waals surface area contributed by atoms with Crippen LogP contribution < -0.4 is 5.32 Å². The third kappa shape index (κ3) is 3.52. The summed E-state index contributed by atoms with van der Waals surface area (Å²) < 4.78 is 25.6. The van der Waals surface area contributed by atoms with E-state index in [0.29, 0.717) is 32.0 Å². The number of nitrogens with one attached hydrogen (secondary N) is 1. The zero-order chi connectivity index (χ0) is 16.6. The maximum absolute atomic E-state index is 12.6. The van der Waals surface area contributed by atoms with E-state index in [-0.39, 0.29) is 17.7 Å². The van der Waals surface area contributed by atoms with Gasteiger partial charge in [-0.1, -0.05) is 0 Å². The van der Waals surface area contributed by atoms with E-state index in [9.17, 15) is 18.0 Å². The Bertz CT molecular complexity index is 588. The van der Waals surface area contributed by atoms with Crippen molar-refractivity contribution in [3.63, 3.8) is 0 Å². The second-order valence-electron chi connectivity index (χ2n) is 6.96. The predicted molar refractivity (Wildman–Crippen MR) is 85.0 cm³/mol. The molecule has 2 heterocycles. The summed E-state index contributed by atoms with van der Waals surface area (Å²) in [5.74, 6) is 0.0718. The van der Waals surface area contributed by atoms with Gasteiger partial charge in [-0.3, -0.25) is 9.59 Å². The van der Waals surface area contributed by atoms with E-state index in [1.807, 2.05) is 0 Å². The SMILES string of the molecule is CN1CCC(C(=O)N2CCCC(C(=O)NCC3CC3)C2)S1(=O)=O. The molecule has 3 fully saturated rings. The molecule has 3 aliphatic rings. The molecule has 2 amide bonds. The van der Waals surface area contributed by atoms with Gasteiger partial charge in [0.25, 0.3) is 0 Å². The minimum atomic E-state index is -3.52. The van der Waals surface area contributed by atoms with Gasteiger partial charge in [-0.25, -0.2) is 12.7 Å². The summed E-state index contributed by atoms with van der Waals surface area (Å²) in [4.78, 5) is 26.4. The average molecular weight is 343 g/mol. The van der Waals surface area contributed by atoms with Crippen LogP contribution in [0.4, 0.5) is 0 Å². The van der Waals surface area contributed by atoms with Crippen molar-refractivity contribution in [3.8, 4) is 0 Å². The van der Waals surface area contributed by atoms with Crippen LogP contribution >= 0.6 is 0 Å². The van der Waals surface area contributed by atoms with Gasteiger partial charge in [0.2, 0.25) is 21.8 Å². The van der Waals surface area contributed by atoms with E-state index in [1.165, 1.54) is 24.2 Å². The standard InChI is InChI=1S/C15H25N3O4S/c1-17-8-6-13(23(17,21)22)15(20)18-7-2-3-12(10-18)14(19)16-9-11-4-5-11/h11-13H,2-10H2,1H3,(H,16,19). The molecule has 0 spiro atoms. The fraction of sp³-hybridized carbons (Fsp3) is 0.867. The molecule has 1 aliphatic carbocycles. The van der Waals surface area contributed by atoms with Gasteiger partial charge in [0.15, 0.2) is 5.25 Å². The van der Waals surface area contributed by atoms with E-state index in [2.05, 4.69) is 5.32 Å². The Hall–Kier alpha value is -1.15.